The molecule has 2 aromatic rings. The number of hydrogen-bond acceptors (Lipinski definition) is 5. The normalized spacial score (nSPS) is 12.3. The molecule has 2 heterocycles. The minimum atomic E-state index is -0.391. The van der Waals surface area contributed by atoms with Gasteiger partial charge in [0, 0.05) is 6.54 Å². The molecule has 0 bridgehead atoms. The van der Waals surface area contributed by atoms with Crippen molar-refractivity contribution >= 4 is 17.7 Å². The molecule has 0 aliphatic rings. The van der Waals surface area contributed by atoms with Crippen LogP contribution < -0.4 is 5.73 Å². The van der Waals surface area contributed by atoms with E-state index in [2.05, 4.69) is 16.8 Å². The van der Waals surface area contributed by atoms with Crippen molar-refractivity contribution in [3.05, 3.63) is 31.1 Å². The maximum atomic E-state index is 11.1. The van der Waals surface area contributed by atoms with Crippen LogP contribution in [0.2, 0.25) is 0 Å². The third-order valence-corrected chi connectivity index (χ3v) is 3.55. The van der Waals surface area contributed by atoms with Gasteiger partial charge in [0.25, 0.3) is 0 Å². The van der Waals surface area contributed by atoms with Crippen molar-refractivity contribution in [2.75, 3.05) is 0 Å². The maximum absolute atomic E-state index is 11.1. The van der Waals surface area contributed by atoms with Gasteiger partial charge in [0.15, 0.2) is 10.9 Å². The van der Waals surface area contributed by atoms with E-state index in [9.17, 15) is 4.79 Å². The van der Waals surface area contributed by atoms with E-state index in [4.69, 9.17) is 10.2 Å². The number of aromatic nitrogens is 3. The van der Waals surface area contributed by atoms with Crippen molar-refractivity contribution in [1.82, 2.24) is 14.8 Å². The average molecular weight is 278 g/mol. The first-order chi connectivity index (χ1) is 9.13. The molecule has 6 nitrogen and oxygen atoms in total. The summed E-state index contributed by atoms with van der Waals surface area (Å²) >= 11 is 1.26. The van der Waals surface area contributed by atoms with Crippen molar-refractivity contribution in [2.45, 2.75) is 23.9 Å². The molecule has 100 valence electrons. The number of primary amides is 1. The van der Waals surface area contributed by atoms with Gasteiger partial charge in [0.1, 0.15) is 0 Å². The zero-order valence-electron chi connectivity index (χ0n) is 10.4. The second-order valence-electron chi connectivity index (χ2n) is 3.85. The van der Waals surface area contributed by atoms with Crippen molar-refractivity contribution in [2.24, 2.45) is 5.73 Å². The fourth-order valence-corrected chi connectivity index (χ4v) is 2.28. The average Bonchev–Trinajstić information content (AvgIpc) is 3.00. The van der Waals surface area contributed by atoms with Crippen LogP contribution in [0.3, 0.4) is 0 Å². The van der Waals surface area contributed by atoms with Gasteiger partial charge in [-0.3, -0.25) is 9.36 Å². The van der Waals surface area contributed by atoms with Crippen LogP contribution in [0, 0.1) is 0 Å². The topological polar surface area (TPSA) is 86.9 Å². The standard InChI is InChI=1S/C12H14N4O2S/c1-3-6-16-11(9-5-4-7-18-9)14-15-12(16)19-8(2)10(13)17/h3-5,7-8H,1,6H2,2H3,(H2,13,17). The molecular formula is C12H14N4O2S. The van der Waals surface area contributed by atoms with Gasteiger partial charge in [-0.1, -0.05) is 17.8 Å². The van der Waals surface area contributed by atoms with E-state index < -0.39 is 5.91 Å². The third kappa shape index (κ3) is 2.87. The molecular weight excluding hydrogens is 264 g/mol. The molecule has 0 saturated carbocycles. The molecule has 7 heteroatoms. The van der Waals surface area contributed by atoms with E-state index >= 15 is 0 Å². The molecule has 1 unspecified atom stereocenters. The van der Waals surface area contributed by atoms with E-state index in [0.29, 0.717) is 23.3 Å². The number of nitrogens with zero attached hydrogens (tertiary/aromatic N) is 3. The molecule has 2 aromatic heterocycles. The van der Waals surface area contributed by atoms with Gasteiger partial charge < -0.3 is 10.2 Å². The molecule has 2 N–H and O–H groups in total. The van der Waals surface area contributed by atoms with E-state index in [1.165, 1.54) is 11.8 Å². The highest BCUT2D eigenvalue weighted by molar-refractivity contribution is 8.00. The van der Waals surface area contributed by atoms with E-state index in [1.54, 1.807) is 31.4 Å². The lowest BCUT2D eigenvalue weighted by Crippen LogP contribution is -2.23. The van der Waals surface area contributed by atoms with Crippen LogP contribution in [0.5, 0.6) is 0 Å². The molecule has 0 aromatic carbocycles. The number of carbonyl (C=O) groups excluding carboxylic acids is 1. The van der Waals surface area contributed by atoms with Gasteiger partial charge in [0.2, 0.25) is 11.7 Å². The number of carbonyl (C=O) groups is 1. The van der Waals surface area contributed by atoms with Crippen LogP contribution >= 0.6 is 11.8 Å². The lowest BCUT2D eigenvalue weighted by atomic mass is 10.4. The second kappa shape index (κ2) is 5.75. The fraction of sp³-hybridized carbons (Fsp3) is 0.250. The minimum absolute atomic E-state index is 0.378. The number of rotatable bonds is 6. The molecule has 0 spiro atoms. The predicted molar refractivity (Wildman–Crippen MR) is 72.4 cm³/mol. The lowest BCUT2D eigenvalue weighted by molar-refractivity contribution is -0.117. The first kappa shape index (κ1) is 13.4. The van der Waals surface area contributed by atoms with E-state index in [1.807, 2.05) is 4.57 Å². The highest BCUT2D eigenvalue weighted by Crippen LogP contribution is 2.26. The first-order valence-corrected chi connectivity index (χ1v) is 6.55. The second-order valence-corrected chi connectivity index (χ2v) is 5.15. The molecule has 0 aliphatic heterocycles. The molecule has 0 aliphatic carbocycles. The highest BCUT2D eigenvalue weighted by Gasteiger charge is 2.19. The third-order valence-electron chi connectivity index (χ3n) is 2.45. The van der Waals surface area contributed by atoms with Crippen LogP contribution in [-0.2, 0) is 11.3 Å². The Kier molecular flexibility index (Phi) is 4.06. The van der Waals surface area contributed by atoms with Crippen molar-refractivity contribution < 1.29 is 9.21 Å². The fourth-order valence-electron chi connectivity index (χ4n) is 1.47. The smallest absolute Gasteiger partial charge is 0.230 e. The van der Waals surface area contributed by atoms with Gasteiger partial charge in [-0.25, -0.2) is 0 Å². The van der Waals surface area contributed by atoms with Crippen LogP contribution in [0.15, 0.2) is 40.6 Å². The molecule has 1 amide bonds. The summed E-state index contributed by atoms with van der Waals surface area (Å²) in [6, 6.07) is 3.58. The first-order valence-electron chi connectivity index (χ1n) is 5.67. The Morgan fingerprint density at radius 1 is 1.68 bits per heavy atom. The summed E-state index contributed by atoms with van der Waals surface area (Å²) in [6.45, 7) is 5.96. The Balaban J connectivity index is 2.34. The summed E-state index contributed by atoms with van der Waals surface area (Å²) in [4.78, 5) is 11.1. The number of thioether (sulfide) groups is 1. The monoisotopic (exact) mass is 278 g/mol. The summed E-state index contributed by atoms with van der Waals surface area (Å²) in [7, 11) is 0. The molecule has 0 fully saturated rings. The number of amides is 1. The van der Waals surface area contributed by atoms with Gasteiger partial charge in [0.05, 0.1) is 11.5 Å². The van der Waals surface area contributed by atoms with Crippen LogP contribution in [-0.4, -0.2) is 25.9 Å². The number of furan rings is 1. The van der Waals surface area contributed by atoms with E-state index in [-0.39, 0.29) is 5.25 Å². The predicted octanol–water partition coefficient (Wildman–Crippen LogP) is 1.69. The molecule has 19 heavy (non-hydrogen) atoms. The number of allylic oxidation sites excluding steroid dienone is 1. The Hall–Kier alpha value is -2.02. The van der Waals surface area contributed by atoms with Gasteiger partial charge in [-0.15, -0.1) is 16.8 Å². The summed E-state index contributed by atoms with van der Waals surface area (Å²) in [5.41, 5.74) is 5.25. The van der Waals surface area contributed by atoms with Gasteiger partial charge >= 0.3 is 0 Å². The lowest BCUT2D eigenvalue weighted by Gasteiger charge is -2.08. The Bertz CT molecular complexity index is 577. The maximum Gasteiger partial charge on any atom is 0.230 e. The summed E-state index contributed by atoms with van der Waals surface area (Å²) < 4.78 is 7.14. The minimum Gasteiger partial charge on any atom is -0.461 e. The van der Waals surface area contributed by atoms with Gasteiger partial charge in [-0.2, -0.15) is 0 Å². The Morgan fingerprint density at radius 3 is 3.05 bits per heavy atom. The summed E-state index contributed by atoms with van der Waals surface area (Å²) in [5, 5.41) is 8.39. The Morgan fingerprint density at radius 2 is 2.47 bits per heavy atom. The number of nitrogens with two attached hydrogens (primary N) is 1. The number of hydrogen-bond donors (Lipinski definition) is 1. The summed E-state index contributed by atoms with van der Waals surface area (Å²) in [5.74, 6) is 0.828. The molecule has 1 atom stereocenters. The summed E-state index contributed by atoms with van der Waals surface area (Å²) in [6.07, 6.45) is 3.30. The van der Waals surface area contributed by atoms with Crippen molar-refractivity contribution in [3.63, 3.8) is 0 Å². The van der Waals surface area contributed by atoms with Gasteiger partial charge in [-0.05, 0) is 19.1 Å². The van der Waals surface area contributed by atoms with Crippen LogP contribution in [0.25, 0.3) is 11.6 Å². The highest BCUT2D eigenvalue weighted by atomic mass is 32.2. The van der Waals surface area contributed by atoms with Crippen LogP contribution in [0.4, 0.5) is 0 Å². The molecule has 2 rings (SSSR count). The molecule has 0 saturated heterocycles. The Labute approximate surface area is 114 Å². The van der Waals surface area contributed by atoms with Crippen molar-refractivity contribution in [1.29, 1.82) is 0 Å². The molecule has 0 radical (unpaired) electrons. The van der Waals surface area contributed by atoms with Crippen molar-refractivity contribution in [3.8, 4) is 11.6 Å². The van der Waals surface area contributed by atoms with Crippen LogP contribution in [0.1, 0.15) is 6.92 Å². The SMILES string of the molecule is C=CCn1c(SC(C)C(N)=O)nnc1-c1ccco1. The largest absolute Gasteiger partial charge is 0.461 e. The quantitative estimate of drug-likeness (QED) is 0.641. The zero-order valence-corrected chi connectivity index (χ0v) is 11.3. The zero-order chi connectivity index (χ0) is 13.8. The van der Waals surface area contributed by atoms with E-state index in [0.717, 1.165) is 0 Å².